The van der Waals surface area contributed by atoms with Crippen LogP contribution in [-0.4, -0.2) is 81.9 Å². The SMILES string of the molecule is CNC(=O)c1cc2c(cc1N(C)C)CN(CC(=O)c1cc3c(c(C(C)(C)C)c1)OCCN3CC#N)C2=NC(=O)C(F)(F)F. The molecule has 2 aliphatic rings. The Morgan fingerprint density at radius 2 is 1.81 bits per heavy atom. The summed E-state index contributed by atoms with van der Waals surface area (Å²) in [6.45, 7) is 6.37. The quantitative estimate of drug-likeness (QED) is 0.396. The fourth-order valence-electron chi connectivity index (χ4n) is 5.14. The number of nitriles is 1. The van der Waals surface area contributed by atoms with Crippen molar-refractivity contribution in [1.29, 1.82) is 5.26 Å². The average Bonchev–Trinajstić information content (AvgIpc) is 3.25. The van der Waals surface area contributed by atoms with Crippen molar-refractivity contribution in [3.05, 3.63) is 52.1 Å². The lowest BCUT2D eigenvalue weighted by Crippen LogP contribution is -2.35. The van der Waals surface area contributed by atoms with Gasteiger partial charge in [0.05, 0.1) is 30.4 Å². The summed E-state index contributed by atoms with van der Waals surface area (Å²) < 4.78 is 45.9. The van der Waals surface area contributed by atoms with Crippen molar-refractivity contribution >= 4 is 34.8 Å². The van der Waals surface area contributed by atoms with Crippen molar-refractivity contribution < 1.29 is 32.3 Å². The number of rotatable bonds is 6. The summed E-state index contributed by atoms with van der Waals surface area (Å²) in [4.78, 5) is 46.7. The van der Waals surface area contributed by atoms with Crippen LogP contribution in [0.4, 0.5) is 24.5 Å². The molecule has 0 radical (unpaired) electrons. The Labute approximate surface area is 247 Å². The summed E-state index contributed by atoms with van der Waals surface area (Å²) in [6.07, 6.45) is -5.23. The standard InChI is InChI=1S/C30H33F3N6O4/c1-29(2,3)21-11-17(12-23-25(21)43-10-9-38(23)8-7-34)24(40)16-39-15-18-13-22(37(5)6)20(27(41)35-4)14-19(18)26(39)36-28(42)30(31,32)33/h11-14H,8-10,15-16H2,1-6H3,(H,35,41). The maximum atomic E-state index is 13.8. The molecule has 2 aliphatic heterocycles. The van der Waals surface area contributed by atoms with Gasteiger partial charge in [-0.1, -0.05) is 20.8 Å². The number of anilines is 2. The molecular formula is C30H33F3N6O4. The molecule has 0 aliphatic carbocycles. The van der Waals surface area contributed by atoms with E-state index >= 15 is 0 Å². The van der Waals surface area contributed by atoms with Gasteiger partial charge in [-0.05, 0) is 35.2 Å². The lowest BCUT2D eigenvalue weighted by atomic mass is 9.84. The minimum Gasteiger partial charge on any atom is -0.489 e. The van der Waals surface area contributed by atoms with E-state index in [9.17, 15) is 32.8 Å². The van der Waals surface area contributed by atoms with E-state index in [1.54, 1.807) is 37.2 Å². The molecular weight excluding hydrogens is 565 g/mol. The van der Waals surface area contributed by atoms with Gasteiger partial charge in [0.15, 0.2) is 5.78 Å². The molecule has 2 aromatic rings. The molecule has 0 unspecified atom stereocenters. The Hall–Kier alpha value is -4.60. The van der Waals surface area contributed by atoms with Crippen LogP contribution in [0.15, 0.2) is 29.3 Å². The third-order valence-corrected chi connectivity index (χ3v) is 7.27. The van der Waals surface area contributed by atoms with E-state index in [1.165, 1.54) is 18.0 Å². The van der Waals surface area contributed by atoms with Crippen LogP contribution in [0.2, 0.25) is 0 Å². The highest BCUT2D eigenvalue weighted by atomic mass is 19.4. The second-order valence-corrected chi connectivity index (χ2v) is 11.6. The summed E-state index contributed by atoms with van der Waals surface area (Å²) >= 11 is 0. The van der Waals surface area contributed by atoms with Gasteiger partial charge in [-0.2, -0.15) is 23.4 Å². The van der Waals surface area contributed by atoms with Gasteiger partial charge in [0.1, 0.15) is 24.7 Å². The summed E-state index contributed by atoms with van der Waals surface area (Å²) in [5, 5.41) is 11.9. The van der Waals surface area contributed by atoms with E-state index in [4.69, 9.17) is 4.74 Å². The molecule has 0 atom stereocenters. The minimum atomic E-state index is -5.23. The Balaban J connectivity index is 1.80. The number of ether oxygens (including phenoxy) is 1. The van der Waals surface area contributed by atoms with Crippen LogP contribution in [0.3, 0.4) is 0 Å². The predicted molar refractivity (Wildman–Crippen MR) is 155 cm³/mol. The first-order valence-corrected chi connectivity index (χ1v) is 13.5. The number of hydrogen-bond acceptors (Lipinski definition) is 7. The maximum absolute atomic E-state index is 13.8. The van der Waals surface area contributed by atoms with E-state index in [-0.39, 0.29) is 35.6 Å². The number of ketones is 1. The molecule has 1 N–H and O–H groups in total. The summed E-state index contributed by atoms with van der Waals surface area (Å²) in [5.74, 6) is -3.00. The van der Waals surface area contributed by atoms with Crippen molar-refractivity contribution in [2.45, 2.75) is 38.9 Å². The van der Waals surface area contributed by atoms with E-state index in [0.717, 1.165) is 5.56 Å². The number of carbonyl (C=O) groups excluding carboxylic acids is 3. The van der Waals surface area contributed by atoms with Gasteiger partial charge in [0.2, 0.25) is 0 Å². The van der Waals surface area contributed by atoms with Crippen LogP contribution in [0, 0.1) is 11.3 Å². The second-order valence-electron chi connectivity index (χ2n) is 11.6. The molecule has 0 fully saturated rings. The molecule has 4 rings (SSSR count). The van der Waals surface area contributed by atoms with Gasteiger partial charge in [0.25, 0.3) is 5.91 Å². The number of fused-ring (bicyclic) bond motifs is 2. The highest BCUT2D eigenvalue weighted by molar-refractivity contribution is 6.13. The number of nitrogens with one attached hydrogen (secondary N) is 1. The molecule has 43 heavy (non-hydrogen) atoms. The van der Waals surface area contributed by atoms with Gasteiger partial charge >= 0.3 is 12.1 Å². The molecule has 0 aromatic heterocycles. The van der Waals surface area contributed by atoms with E-state index in [0.29, 0.717) is 35.8 Å². The van der Waals surface area contributed by atoms with Crippen molar-refractivity contribution in [2.75, 3.05) is 57.2 Å². The Morgan fingerprint density at radius 1 is 1.12 bits per heavy atom. The van der Waals surface area contributed by atoms with Crippen LogP contribution in [-0.2, 0) is 16.8 Å². The van der Waals surface area contributed by atoms with Crippen molar-refractivity contribution in [2.24, 2.45) is 4.99 Å². The fourth-order valence-corrected chi connectivity index (χ4v) is 5.14. The molecule has 2 amide bonds. The molecule has 228 valence electrons. The Kier molecular flexibility index (Phi) is 8.44. The first-order valence-electron chi connectivity index (χ1n) is 13.5. The van der Waals surface area contributed by atoms with Crippen LogP contribution in [0.1, 0.15) is 58.2 Å². The van der Waals surface area contributed by atoms with Crippen molar-refractivity contribution in [1.82, 2.24) is 10.2 Å². The molecule has 0 bridgehead atoms. The smallest absolute Gasteiger partial charge is 0.473 e. The highest BCUT2D eigenvalue weighted by Gasteiger charge is 2.41. The zero-order valence-electron chi connectivity index (χ0n) is 24.8. The van der Waals surface area contributed by atoms with Crippen molar-refractivity contribution in [3.63, 3.8) is 0 Å². The first-order chi connectivity index (χ1) is 20.1. The van der Waals surface area contributed by atoms with E-state index < -0.39 is 35.7 Å². The number of hydrogen-bond donors (Lipinski definition) is 1. The molecule has 0 saturated heterocycles. The lowest BCUT2D eigenvalue weighted by molar-refractivity contribution is -0.169. The molecule has 0 saturated carbocycles. The maximum Gasteiger partial charge on any atom is 0.473 e. The topological polar surface area (TPSA) is 118 Å². The van der Waals surface area contributed by atoms with Crippen LogP contribution >= 0.6 is 0 Å². The predicted octanol–water partition coefficient (Wildman–Crippen LogP) is 3.67. The van der Waals surface area contributed by atoms with Gasteiger partial charge < -0.3 is 24.8 Å². The number of amides is 2. The van der Waals surface area contributed by atoms with Gasteiger partial charge in [-0.25, -0.2) is 0 Å². The monoisotopic (exact) mass is 598 g/mol. The van der Waals surface area contributed by atoms with E-state index in [1.807, 2.05) is 25.7 Å². The first kappa shape index (κ1) is 31.3. The number of carbonyl (C=O) groups is 3. The third-order valence-electron chi connectivity index (χ3n) is 7.27. The number of halogens is 3. The average molecular weight is 599 g/mol. The molecule has 2 aromatic carbocycles. The minimum absolute atomic E-state index is 0.0132. The summed E-state index contributed by atoms with van der Waals surface area (Å²) in [6, 6.07) is 8.49. The highest BCUT2D eigenvalue weighted by Crippen LogP contribution is 2.42. The van der Waals surface area contributed by atoms with Gasteiger partial charge in [-0.3, -0.25) is 14.4 Å². The lowest BCUT2D eigenvalue weighted by Gasteiger charge is -2.34. The van der Waals surface area contributed by atoms with Gasteiger partial charge in [-0.15, -0.1) is 0 Å². The molecule has 2 heterocycles. The zero-order chi connectivity index (χ0) is 31.9. The normalized spacial score (nSPS) is 15.4. The Bertz CT molecular complexity index is 1550. The van der Waals surface area contributed by atoms with Crippen LogP contribution in [0.25, 0.3) is 0 Å². The van der Waals surface area contributed by atoms with Crippen LogP contribution < -0.4 is 19.9 Å². The van der Waals surface area contributed by atoms with Gasteiger partial charge in [0, 0.05) is 50.1 Å². The summed E-state index contributed by atoms with van der Waals surface area (Å²) in [7, 11) is 4.86. The number of amidine groups is 1. The summed E-state index contributed by atoms with van der Waals surface area (Å²) in [5.41, 5.74) is 2.51. The molecule has 10 nitrogen and oxygen atoms in total. The molecule has 0 spiro atoms. The number of aliphatic imine (C=N–C) groups is 1. The fraction of sp³-hybridized carbons (Fsp3) is 0.433. The zero-order valence-corrected chi connectivity index (χ0v) is 24.8. The number of Topliss-reactive ketones (excluding diaryl/α,β-unsaturated/α-hetero) is 1. The number of benzene rings is 2. The number of nitrogens with zero attached hydrogens (tertiary/aromatic N) is 5. The van der Waals surface area contributed by atoms with E-state index in [2.05, 4.69) is 16.4 Å². The second kappa shape index (κ2) is 11.6. The molecule has 13 heteroatoms. The largest absolute Gasteiger partial charge is 0.489 e. The Morgan fingerprint density at radius 3 is 2.40 bits per heavy atom. The van der Waals surface area contributed by atoms with Crippen LogP contribution in [0.5, 0.6) is 5.75 Å². The third kappa shape index (κ3) is 6.28. The number of alkyl halides is 3. The van der Waals surface area contributed by atoms with Crippen molar-refractivity contribution in [3.8, 4) is 11.8 Å².